The quantitative estimate of drug-likeness (QED) is 0.582. The topological polar surface area (TPSA) is 76.5 Å². The normalized spacial score (nSPS) is 17.4. The number of fused-ring (bicyclic) bond motifs is 2. The van der Waals surface area contributed by atoms with E-state index < -0.39 is 0 Å². The number of rotatable bonds is 6. The molecule has 0 unspecified atom stereocenters. The molecule has 0 saturated carbocycles. The van der Waals surface area contributed by atoms with E-state index in [1.54, 1.807) is 25.3 Å². The molecule has 5 rings (SSSR count). The molecule has 7 heteroatoms. The minimum Gasteiger partial charge on any atom is -0.497 e. The van der Waals surface area contributed by atoms with Gasteiger partial charge in [0.05, 0.1) is 24.1 Å². The van der Waals surface area contributed by atoms with Gasteiger partial charge in [-0.1, -0.05) is 25.0 Å². The highest BCUT2D eigenvalue weighted by molar-refractivity contribution is 5.97. The van der Waals surface area contributed by atoms with Crippen LogP contribution in [-0.2, 0) is 13.0 Å². The van der Waals surface area contributed by atoms with Crippen molar-refractivity contribution in [1.82, 2.24) is 19.8 Å². The zero-order chi connectivity index (χ0) is 24.2. The molecule has 0 spiro atoms. The predicted molar refractivity (Wildman–Crippen MR) is 137 cm³/mol. The molecule has 1 atom stereocenters. The van der Waals surface area contributed by atoms with Crippen LogP contribution in [-0.4, -0.2) is 47.1 Å². The average molecular weight is 475 g/mol. The second-order valence-electron chi connectivity index (χ2n) is 9.62. The van der Waals surface area contributed by atoms with Crippen molar-refractivity contribution in [3.63, 3.8) is 0 Å². The number of carbonyl (C=O) groups excluding carboxylic acids is 1. The lowest BCUT2D eigenvalue weighted by atomic mass is 10.0. The molecule has 2 aliphatic heterocycles. The molecular formula is C28H34N4O3. The number of benzene rings is 2. The number of piperidine rings is 1. The number of carbonyl (C=O) groups is 1. The SMILES string of the molecule is COc1ccc([C@H](CNC(=O)c2ccc3c(=O)n4c(nc3c2)CCCCC4)N2CCCCC2)cc1. The van der Waals surface area contributed by atoms with Crippen LogP contribution in [0.2, 0.25) is 0 Å². The van der Waals surface area contributed by atoms with Gasteiger partial charge < -0.3 is 10.1 Å². The summed E-state index contributed by atoms with van der Waals surface area (Å²) >= 11 is 0. The number of ether oxygens (including phenoxy) is 1. The van der Waals surface area contributed by atoms with E-state index in [2.05, 4.69) is 22.3 Å². The molecule has 0 aliphatic carbocycles. The number of aryl methyl sites for hydroxylation is 1. The van der Waals surface area contributed by atoms with Crippen LogP contribution < -0.4 is 15.6 Å². The molecular weight excluding hydrogens is 440 g/mol. The zero-order valence-electron chi connectivity index (χ0n) is 20.5. The smallest absolute Gasteiger partial charge is 0.261 e. The van der Waals surface area contributed by atoms with Gasteiger partial charge in [-0.3, -0.25) is 19.1 Å². The van der Waals surface area contributed by atoms with E-state index in [0.717, 1.165) is 56.9 Å². The lowest BCUT2D eigenvalue weighted by molar-refractivity contribution is 0.0924. The highest BCUT2D eigenvalue weighted by Crippen LogP contribution is 2.26. The summed E-state index contributed by atoms with van der Waals surface area (Å²) in [4.78, 5) is 33.4. The first-order valence-corrected chi connectivity index (χ1v) is 12.8. The van der Waals surface area contributed by atoms with Crippen molar-refractivity contribution in [2.24, 2.45) is 0 Å². The molecule has 35 heavy (non-hydrogen) atoms. The van der Waals surface area contributed by atoms with Crippen molar-refractivity contribution in [3.8, 4) is 5.75 Å². The fourth-order valence-corrected chi connectivity index (χ4v) is 5.36. The third kappa shape index (κ3) is 5.10. The van der Waals surface area contributed by atoms with E-state index in [0.29, 0.717) is 23.0 Å². The van der Waals surface area contributed by atoms with Gasteiger partial charge in [-0.25, -0.2) is 4.98 Å². The molecule has 184 valence electrons. The van der Waals surface area contributed by atoms with Crippen molar-refractivity contribution in [2.75, 3.05) is 26.7 Å². The van der Waals surface area contributed by atoms with Crippen LogP contribution in [0, 0.1) is 0 Å². The fourth-order valence-electron chi connectivity index (χ4n) is 5.36. The molecule has 2 aromatic carbocycles. The van der Waals surface area contributed by atoms with Gasteiger partial charge >= 0.3 is 0 Å². The monoisotopic (exact) mass is 474 g/mol. The van der Waals surface area contributed by atoms with Crippen molar-refractivity contribution >= 4 is 16.8 Å². The summed E-state index contributed by atoms with van der Waals surface area (Å²) in [6.45, 7) is 3.30. The first-order valence-electron chi connectivity index (χ1n) is 12.8. The Morgan fingerprint density at radius 3 is 2.51 bits per heavy atom. The maximum absolute atomic E-state index is 13.2. The van der Waals surface area contributed by atoms with Crippen LogP contribution in [0.3, 0.4) is 0 Å². The number of nitrogens with zero attached hydrogens (tertiary/aromatic N) is 3. The van der Waals surface area contributed by atoms with Crippen LogP contribution in [0.4, 0.5) is 0 Å². The number of hydrogen-bond acceptors (Lipinski definition) is 5. The van der Waals surface area contributed by atoms with E-state index >= 15 is 0 Å². The van der Waals surface area contributed by atoms with Crippen LogP contribution >= 0.6 is 0 Å². The molecule has 3 aromatic rings. The Kier molecular flexibility index (Phi) is 7.13. The lowest BCUT2D eigenvalue weighted by Gasteiger charge is -2.35. The minimum absolute atomic E-state index is 0.00327. The van der Waals surface area contributed by atoms with Gasteiger partial charge in [0, 0.05) is 25.1 Å². The molecule has 0 bridgehead atoms. The Morgan fingerprint density at radius 2 is 1.74 bits per heavy atom. The fraction of sp³-hybridized carbons (Fsp3) is 0.464. The molecule has 0 radical (unpaired) electrons. The Bertz CT molecular complexity index is 1250. The van der Waals surface area contributed by atoms with Gasteiger partial charge in [0.2, 0.25) is 0 Å². The molecule has 1 saturated heterocycles. The third-order valence-corrected chi connectivity index (χ3v) is 7.37. The largest absolute Gasteiger partial charge is 0.497 e. The summed E-state index contributed by atoms with van der Waals surface area (Å²) in [7, 11) is 1.67. The lowest BCUT2D eigenvalue weighted by Crippen LogP contribution is -2.40. The summed E-state index contributed by atoms with van der Waals surface area (Å²) in [6.07, 6.45) is 7.58. The Hall–Kier alpha value is -3.19. The van der Waals surface area contributed by atoms with Gasteiger partial charge in [0.1, 0.15) is 11.6 Å². The van der Waals surface area contributed by atoms with Crippen molar-refractivity contribution in [1.29, 1.82) is 0 Å². The van der Waals surface area contributed by atoms with Gasteiger partial charge in [0.15, 0.2) is 0 Å². The van der Waals surface area contributed by atoms with Crippen molar-refractivity contribution in [2.45, 2.75) is 57.5 Å². The average Bonchev–Trinajstić information content (AvgIpc) is 3.15. The number of aromatic nitrogens is 2. The maximum Gasteiger partial charge on any atom is 0.261 e. The van der Waals surface area contributed by atoms with Gasteiger partial charge in [0.25, 0.3) is 11.5 Å². The Balaban J connectivity index is 1.36. The molecule has 2 aliphatic rings. The molecule has 1 aromatic heterocycles. The van der Waals surface area contributed by atoms with E-state index in [1.165, 1.54) is 24.8 Å². The minimum atomic E-state index is -0.140. The van der Waals surface area contributed by atoms with E-state index in [-0.39, 0.29) is 17.5 Å². The summed E-state index contributed by atoms with van der Waals surface area (Å²) < 4.78 is 7.14. The van der Waals surface area contributed by atoms with Crippen LogP contribution in [0.1, 0.15) is 66.3 Å². The second-order valence-corrected chi connectivity index (χ2v) is 9.62. The Morgan fingerprint density at radius 1 is 1.00 bits per heavy atom. The summed E-state index contributed by atoms with van der Waals surface area (Å²) in [5, 5.41) is 3.73. The van der Waals surface area contributed by atoms with Gasteiger partial charge in [-0.15, -0.1) is 0 Å². The first-order chi connectivity index (χ1) is 17.1. The highest BCUT2D eigenvalue weighted by Gasteiger charge is 2.23. The molecule has 1 N–H and O–H groups in total. The molecule has 3 heterocycles. The second kappa shape index (κ2) is 10.6. The summed E-state index contributed by atoms with van der Waals surface area (Å²) in [5.74, 6) is 1.52. The molecule has 1 fully saturated rings. The summed E-state index contributed by atoms with van der Waals surface area (Å²) in [6, 6.07) is 13.5. The number of hydrogen-bond donors (Lipinski definition) is 1. The zero-order valence-corrected chi connectivity index (χ0v) is 20.5. The van der Waals surface area contributed by atoms with Crippen molar-refractivity contribution in [3.05, 3.63) is 69.8 Å². The van der Waals surface area contributed by atoms with E-state index in [9.17, 15) is 9.59 Å². The Labute approximate surface area is 206 Å². The van der Waals surface area contributed by atoms with E-state index in [4.69, 9.17) is 9.72 Å². The first kappa shape index (κ1) is 23.5. The predicted octanol–water partition coefficient (Wildman–Crippen LogP) is 4.09. The molecule has 7 nitrogen and oxygen atoms in total. The third-order valence-electron chi connectivity index (χ3n) is 7.37. The summed E-state index contributed by atoms with van der Waals surface area (Å²) in [5.41, 5.74) is 2.32. The highest BCUT2D eigenvalue weighted by atomic mass is 16.5. The molecule has 1 amide bonds. The van der Waals surface area contributed by atoms with Crippen LogP contribution in [0.25, 0.3) is 10.9 Å². The van der Waals surface area contributed by atoms with Gasteiger partial charge in [-0.2, -0.15) is 0 Å². The van der Waals surface area contributed by atoms with E-state index in [1.807, 2.05) is 16.7 Å². The number of methoxy groups -OCH3 is 1. The standard InChI is InChI=1S/C28H34N4O3/c1-35-22-12-9-20(10-13-22)25(31-15-5-3-6-16-31)19-29-27(33)21-11-14-23-24(18-21)30-26-8-4-2-7-17-32(26)28(23)34/h9-14,18,25H,2-8,15-17,19H2,1H3,(H,29,33)/t25-/m0/s1. The number of nitrogens with one attached hydrogen (secondary N) is 1. The van der Waals surface area contributed by atoms with Crippen molar-refractivity contribution < 1.29 is 9.53 Å². The van der Waals surface area contributed by atoms with Crippen LogP contribution in [0.15, 0.2) is 47.3 Å². The van der Waals surface area contributed by atoms with Crippen LogP contribution in [0.5, 0.6) is 5.75 Å². The van der Waals surface area contributed by atoms with Gasteiger partial charge in [-0.05, 0) is 74.7 Å². The number of amides is 1. The number of likely N-dealkylation sites (tertiary alicyclic amines) is 1. The maximum atomic E-state index is 13.2.